The minimum Gasteiger partial charge on any atom is -0.494 e. The van der Waals surface area contributed by atoms with Crippen molar-refractivity contribution in [3.8, 4) is 17.2 Å². The van der Waals surface area contributed by atoms with Crippen molar-refractivity contribution in [2.45, 2.75) is 13.5 Å². The van der Waals surface area contributed by atoms with E-state index in [1.165, 1.54) is 5.56 Å². The van der Waals surface area contributed by atoms with E-state index in [1.807, 2.05) is 31.2 Å². The number of hydrogen-bond acceptors (Lipinski definition) is 5. The van der Waals surface area contributed by atoms with Gasteiger partial charge in [-0.15, -0.1) is 0 Å². The standard InChI is InChI=1S/C20H26N2O4/c1-4-26-17-8-5-15(6-9-17)14-21-11-12-22-20(23)16-7-10-18(24-2)19(13-16)25-3/h5-10,13,21H,4,11-12,14H2,1-3H3,(H,22,23). The number of amides is 1. The summed E-state index contributed by atoms with van der Waals surface area (Å²) in [5.74, 6) is 1.86. The molecule has 140 valence electrons. The van der Waals surface area contributed by atoms with E-state index in [0.29, 0.717) is 36.8 Å². The van der Waals surface area contributed by atoms with E-state index < -0.39 is 0 Å². The van der Waals surface area contributed by atoms with E-state index in [-0.39, 0.29) is 5.91 Å². The van der Waals surface area contributed by atoms with Gasteiger partial charge in [-0.05, 0) is 42.8 Å². The van der Waals surface area contributed by atoms with Crippen LogP contribution in [0.25, 0.3) is 0 Å². The Hall–Kier alpha value is -2.73. The maximum atomic E-state index is 12.2. The quantitative estimate of drug-likeness (QED) is 0.639. The summed E-state index contributed by atoms with van der Waals surface area (Å²) >= 11 is 0. The molecule has 2 aromatic rings. The molecule has 0 aromatic heterocycles. The van der Waals surface area contributed by atoms with Crippen molar-refractivity contribution < 1.29 is 19.0 Å². The second-order valence-electron chi connectivity index (χ2n) is 5.58. The fourth-order valence-electron chi connectivity index (χ4n) is 2.45. The van der Waals surface area contributed by atoms with Gasteiger partial charge >= 0.3 is 0 Å². The van der Waals surface area contributed by atoms with E-state index in [2.05, 4.69) is 10.6 Å². The van der Waals surface area contributed by atoms with Crippen LogP contribution in [0.4, 0.5) is 0 Å². The molecule has 0 spiro atoms. The van der Waals surface area contributed by atoms with Crippen LogP contribution in [0.1, 0.15) is 22.8 Å². The average Bonchev–Trinajstić information content (AvgIpc) is 2.68. The molecular formula is C20H26N2O4. The third-order valence-electron chi connectivity index (χ3n) is 3.80. The van der Waals surface area contributed by atoms with Crippen LogP contribution in [0.2, 0.25) is 0 Å². The molecule has 0 heterocycles. The zero-order valence-corrected chi connectivity index (χ0v) is 15.5. The molecule has 6 heteroatoms. The van der Waals surface area contributed by atoms with E-state index >= 15 is 0 Å². The monoisotopic (exact) mass is 358 g/mol. The maximum absolute atomic E-state index is 12.2. The van der Waals surface area contributed by atoms with Gasteiger partial charge in [-0.3, -0.25) is 4.79 Å². The molecule has 0 aliphatic carbocycles. The molecule has 0 fully saturated rings. The number of carbonyl (C=O) groups is 1. The normalized spacial score (nSPS) is 10.3. The Labute approximate surface area is 154 Å². The summed E-state index contributed by atoms with van der Waals surface area (Å²) in [6.07, 6.45) is 0. The topological polar surface area (TPSA) is 68.8 Å². The molecule has 26 heavy (non-hydrogen) atoms. The average molecular weight is 358 g/mol. The zero-order valence-electron chi connectivity index (χ0n) is 15.5. The van der Waals surface area contributed by atoms with Crippen molar-refractivity contribution in [2.24, 2.45) is 0 Å². The number of carbonyl (C=O) groups excluding carboxylic acids is 1. The lowest BCUT2D eigenvalue weighted by Gasteiger charge is -2.10. The maximum Gasteiger partial charge on any atom is 0.251 e. The van der Waals surface area contributed by atoms with Crippen LogP contribution in [0.15, 0.2) is 42.5 Å². The molecule has 1 amide bonds. The van der Waals surface area contributed by atoms with Crippen LogP contribution < -0.4 is 24.8 Å². The number of rotatable bonds is 10. The van der Waals surface area contributed by atoms with Gasteiger partial charge in [0.25, 0.3) is 5.91 Å². The fourth-order valence-corrected chi connectivity index (χ4v) is 2.45. The number of nitrogens with one attached hydrogen (secondary N) is 2. The Balaban J connectivity index is 1.73. The largest absolute Gasteiger partial charge is 0.494 e. The van der Waals surface area contributed by atoms with Crippen molar-refractivity contribution in [1.29, 1.82) is 0 Å². The highest BCUT2D eigenvalue weighted by molar-refractivity contribution is 5.94. The molecule has 0 unspecified atom stereocenters. The SMILES string of the molecule is CCOc1ccc(CNCCNC(=O)c2ccc(OC)c(OC)c2)cc1. The highest BCUT2D eigenvalue weighted by atomic mass is 16.5. The van der Waals surface area contributed by atoms with Gasteiger partial charge in [-0.1, -0.05) is 12.1 Å². The highest BCUT2D eigenvalue weighted by Gasteiger charge is 2.10. The molecule has 2 rings (SSSR count). The van der Waals surface area contributed by atoms with Crippen molar-refractivity contribution in [1.82, 2.24) is 10.6 Å². The van der Waals surface area contributed by atoms with Crippen LogP contribution in [-0.2, 0) is 6.54 Å². The van der Waals surface area contributed by atoms with Crippen molar-refractivity contribution in [3.63, 3.8) is 0 Å². The lowest BCUT2D eigenvalue weighted by Crippen LogP contribution is -2.31. The number of ether oxygens (including phenoxy) is 3. The minimum atomic E-state index is -0.145. The summed E-state index contributed by atoms with van der Waals surface area (Å²) in [6.45, 7) is 4.57. The molecule has 0 radical (unpaired) electrons. The molecule has 0 bridgehead atoms. The second kappa shape index (κ2) is 10.3. The summed E-state index contributed by atoms with van der Waals surface area (Å²) in [7, 11) is 3.11. The first-order chi connectivity index (χ1) is 12.7. The zero-order chi connectivity index (χ0) is 18.8. The van der Waals surface area contributed by atoms with Gasteiger partial charge in [-0.2, -0.15) is 0 Å². The van der Waals surface area contributed by atoms with E-state index in [4.69, 9.17) is 14.2 Å². The third-order valence-corrected chi connectivity index (χ3v) is 3.80. The van der Waals surface area contributed by atoms with Crippen LogP contribution in [0.5, 0.6) is 17.2 Å². The summed E-state index contributed by atoms with van der Waals surface area (Å²) in [5, 5.41) is 6.18. The van der Waals surface area contributed by atoms with Gasteiger partial charge in [-0.25, -0.2) is 0 Å². The fraction of sp³-hybridized carbons (Fsp3) is 0.350. The molecule has 2 aromatic carbocycles. The number of hydrogen-bond donors (Lipinski definition) is 2. The van der Waals surface area contributed by atoms with Gasteiger partial charge in [0.05, 0.1) is 20.8 Å². The second-order valence-corrected chi connectivity index (χ2v) is 5.58. The lowest BCUT2D eigenvalue weighted by atomic mass is 10.2. The van der Waals surface area contributed by atoms with Crippen LogP contribution in [0, 0.1) is 0 Å². The summed E-state index contributed by atoms with van der Waals surface area (Å²) in [5.41, 5.74) is 1.70. The van der Waals surface area contributed by atoms with Crippen LogP contribution in [-0.4, -0.2) is 39.8 Å². The Morgan fingerprint density at radius 2 is 1.69 bits per heavy atom. The highest BCUT2D eigenvalue weighted by Crippen LogP contribution is 2.27. The third kappa shape index (κ3) is 5.67. The van der Waals surface area contributed by atoms with Crippen molar-refractivity contribution in [3.05, 3.63) is 53.6 Å². The van der Waals surface area contributed by atoms with Gasteiger partial charge in [0.15, 0.2) is 11.5 Å². The molecule has 0 aliphatic rings. The molecule has 6 nitrogen and oxygen atoms in total. The van der Waals surface area contributed by atoms with Crippen molar-refractivity contribution >= 4 is 5.91 Å². The van der Waals surface area contributed by atoms with E-state index in [9.17, 15) is 4.79 Å². The van der Waals surface area contributed by atoms with Crippen LogP contribution >= 0.6 is 0 Å². The first-order valence-electron chi connectivity index (χ1n) is 8.60. The Morgan fingerprint density at radius 3 is 2.35 bits per heavy atom. The van der Waals surface area contributed by atoms with E-state index in [0.717, 1.165) is 12.3 Å². The smallest absolute Gasteiger partial charge is 0.251 e. The predicted molar refractivity (Wildman–Crippen MR) is 101 cm³/mol. The van der Waals surface area contributed by atoms with E-state index in [1.54, 1.807) is 32.4 Å². The predicted octanol–water partition coefficient (Wildman–Crippen LogP) is 2.62. The molecule has 0 saturated carbocycles. The minimum absolute atomic E-state index is 0.145. The molecule has 0 aliphatic heterocycles. The molecule has 0 saturated heterocycles. The Kier molecular flexibility index (Phi) is 7.76. The first kappa shape index (κ1) is 19.6. The van der Waals surface area contributed by atoms with Gasteiger partial charge < -0.3 is 24.8 Å². The number of methoxy groups -OCH3 is 2. The van der Waals surface area contributed by atoms with Gasteiger partial charge in [0.1, 0.15) is 5.75 Å². The number of benzene rings is 2. The summed E-state index contributed by atoms with van der Waals surface area (Å²) in [6, 6.07) is 13.1. The summed E-state index contributed by atoms with van der Waals surface area (Å²) < 4.78 is 15.8. The Bertz CT molecular complexity index is 701. The lowest BCUT2D eigenvalue weighted by molar-refractivity contribution is 0.0953. The Morgan fingerprint density at radius 1 is 0.962 bits per heavy atom. The summed E-state index contributed by atoms with van der Waals surface area (Å²) in [4.78, 5) is 12.2. The van der Waals surface area contributed by atoms with Gasteiger partial charge in [0, 0.05) is 25.2 Å². The molecule has 2 N–H and O–H groups in total. The van der Waals surface area contributed by atoms with Crippen LogP contribution in [0.3, 0.4) is 0 Å². The molecular weight excluding hydrogens is 332 g/mol. The van der Waals surface area contributed by atoms with Crippen molar-refractivity contribution in [2.75, 3.05) is 33.9 Å². The first-order valence-corrected chi connectivity index (χ1v) is 8.60. The van der Waals surface area contributed by atoms with Gasteiger partial charge in [0.2, 0.25) is 0 Å². The molecule has 0 atom stereocenters.